The minimum atomic E-state index is -0.345. The van der Waals surface area contributed by atoms with Crippen molar-refractivity contribution in [3.8, 4) is 0 Å². The molecule has 4 atom stereocenters. The molecule has 5 rings (SSSR count). The second-order valence-electron chi connectivity index (χ2n) is 7.78. The molecule has 0 aromatic carbocycles. The van der Waals surface area contributed by atoms with Gasteiger partial charge in [0.15, 0.2) is 0 Å². The highest BCUT2D eigenvalue weighted by Crippen LogP contribution is 2.37. The third-order valence-corrected chi connectivity index (χ3v) is 6.00. The molecule has 1 aliphatic heterocycles. The third-order valence-electron chi connectivity index (χ3n) is 6.00. The first-order valence-corrected chi connectivity index (χ1v) is 9.61. The van der Waals surface area contributed by atoms with Gasteiger partial charge in [-0.1, -0.05) is 6.07 Å². The van der Waals surface area contributed by atoms with Gasteiger partial charge in [-0.25, -0.2) is 9.50 Å². The standard InChI is InChI=1S/C20H24N6O/c27-19-9-15-12-25(13-17-3-1-2-16-4-5-23-26(16)17)11-14(15)8-18(19)24-20-10-21-6-7-22-20/h1-7,10,14-15,18-19,27H,8-9,11-13H2,(H,22,24)/t14-,15+,18-,19-/m1/s1. The highest BCUT2D eigenvalue weighted by molar-refractivity contribution is 5.46. The third kappa shape index (κ3) is 3.28. The van der Waals surface area contributed by atoms with Gasteiger partial charge in [0, 0.05) is 38.2 Å². The van der Waals surface area contributed by atoms with E-state index >= 15 is 0 Å². The average Bonchev–Trinajstić information content (AvgIpc) is 3.30. The Labute approximate surface area is 158 Å². The minimum Gasteiger partial charge on any atom is -0.391 e. The lowest BCUT2D eigenvalue weighted by molar-refractivity contribution is 0.0735. The van der Waals surface area contributed by atoms with Crippen LogP contribution in [0.15, 0.2) is 49.1 Å². The van der Waals surface area contributed by atoms with Gasteiger partial charge in [0.2, 0.25) is 0 Å². The summed E-state index contributed by atoms with van der Waals surface area (Å²) in [6.07, 6.45) is 8.35. The Balaban J connectivity index is 1.26. The zero-order chi connectivity index (χ0) is 18.2. The Hall–Kier alpha value is -2.51. The number of fused-ring (bicyclic) bond motifs is 2. The zero-order valence-electron chi connectivity index (χ0n) is 15.1. The molecule has 2 fully saturated rings. The van der Waals surface area contributed by atoms with Crippen LogP contribution in [0.3, 0.4) is 0 Å². The molecule has 1 saturated heterocycles. The predicted molar refractivity (Wildman–Crippen MR) is 102 cm³/mol. The molecule has 3 aromatic rings. The van der Waals surface area contributed by atoms with Gasteiger partial charge in [-0.15, -0.1) is 0 Å². The fourth-order valence-electron chi connectivity index (χ4n) is 4.73. The van der Waals surface area contributed by atoms with E-state index in [1.165, 1.54) is 5.69 Å². The van der Waals surface area contributed by atoms with Crippen molar-refractivity contribution in [3.05, 3.63) is 54.7 Å². The number of likely N-dealkylation sites (tertiary alicyclic amines) is 1. The van der Waals surface area contributed by atoms with Crippen molar-refractivity contribution >= 4 is 11.3 Å². The second kappa shape index (κ2) is 6.90. The molecule has 4 heterocycles. The summed E-state index contributed by atoms with van der Waals surface area (Å²) in [6.45, 7) is 3.00. The van der Waals surface area contributed by atoms with Crippen LogP contribution in [-0.4, -0.2) is 54.8 Å². The second-order valence-corrected chi connectivity index (χ2v) is 7.78. The molecule has 0 amide bonds. The summed E-state index contributed by atoms with van der Waals surface area (Å²) in [7, 11) is 0. The number of hydrogen-bond donors (Lipinski definition) is 2. The molecule has 2 aliphatic rings. The normalized spacial score (nSPS) is 28.3. The van der Waals surface area contributed by atoms with Crippen LogP contribution in [0.1, 0.15) is 18.5 Å². The molecule has 1 saturated carbocycles. The van der Waals surface area contributed by atoms with Crippen molar-refractivity contribution in [1.82, 2.24) is 24.5 Å². The molecular formula is C20H24N6O. The Morgan fingerprint density at radius 1 is 1.07 bits per heavy atom. The Morgan fingerprint density at radius 2 is 1.96 bits per heavy atom. The van der Waals surface area contributed by atoms with E-state index in [1.807, 2.05) is 16.8 Å². The zero-order valence-corrected chi connectivity index (χ0v) is 15.1. The average molecular weight is 364 g/mol. The number of nitrogens with one attached hydrogen (secondary N) is 1. The summed E-state index contributed by atoms with van der Waals surface area (Å²) in [5.74, 6) is 1.89. The number of aliphatic hydroxyl groups is 1. The van der Waals surface area contributed by atoms with E-state index < -0.39 is 0 Å². The van der Waals surface area contributed by atoms with E-state index in [9.17, 15) is 5.11 Å². The van der Waals surface area contributed by atoms with Gasteiger partial charge in [-0.3, -0.25) is 9.88 Å². The summed E-state index contributed by atoms with van der Waals surface area (Å²) >= 11 is 0. The first-order valence-electron chi connectivity index (χ1n) is 9.61. The van der Waals surface area contributed by atoms with Crippen molar-refractivity contribution in [3.63, 3.8) is 0 Å². The summed E-state index contributed by atoms with van der Waals surface area (Å²) in [5, 5.41) is 18.4. The Kier molecular flexibility index (Phi) is 4.26. The fraction of sp³-hybridized carbons (Fsp3) is 0.450. The fourth-order valence-corrected chi connectivity index (χ4v) is 4.73. The van der Waals surface area contributed by atoms with Gasteiger partial charge in [-0.05, 0) is 42.9 Å². The van der Waals surface area contributed by atoms with E-state index in [0.717, 1.165) is 43.8 Å². The van der Waals surface area contributed by atoms with E-state index in [2.05, 4.69) is 43.5 Å². The van der Waals surface area contributed by atoms with E-state index in [1.54, 1.807) is 18.6 Å². The lowest BCUT2D eigenvalue weighted by Crippen LogP contribution is -2.43. The first kappa shape index (κ1) is 16.6. The van der Waals surface area contributed by atoms with Crippen LogP contribution in [0.2, 0.25) is 0 Å². The molecule has 27 heavy (non-hydrogen) atoms. The SMILES string of the molecule is O[C@@H]1C[C@H]2CN(Cc3cccc4ccnn34)C[C@H]2C[C@H]1Nc1cnccn1. The Bertz CT molecular complexity index is 913. The summed E-state index contributed by atoms with van der Waals surface area (Å²) < 4.78 is 2.02. The summed E-state index contributed by atoms with van der Waals surface area (Å²) in [5.41, 5.74) is 2.35. The lowest BCUT2D eigenvalue weighted by Gasteiger charge is -2.35. The molecule has 1 aliphatic carbocycles. The van der Waals surface area contributed by atoms with E-state index in [4.69, 9.17) is 0 Å². The molecule has 7 nitrogen and oxygen atoms in total. The number of aromatic nitrogens is 4. The summed E-state index contributed by atoms with van der Waals surface area (Å²) in [6, 6.07) is 8.40. The molecule has 2 N–H and O–H groups in total. The number of nitrogens with zero attached hydrogens (tertiary/aromatic N) is 5. The van der Waals surface area contributed by atoms with Gasteiger partial charge >= 0.3 is 0 Å². The van der Waals surface area contributed by atoms with Gasteiger partial charge in [-0.2, -0.15) is 5.10 Å². The quantitative estimate of drug-likeness (QED) is 0.735. The van der Waals surface area contributed by atoms with Gasteiger partial charge in [0.25, 0.3) is 0 Å². The lowest BCUT2D eigenvalue weighted by atomic mass is 9.77. The van der Waals surface area contributed by atoms with Crippen LogP contribution in [0.25, 0.3) is 5.52 Å². The van der Waals surface area contributed by atoms with Crippen LogP contribution in [0.5, 0.6) is 0 Å². The van der Waals surface area contributed by atoms with Gasteiger partial charge < -0.3 is 10.4 Å². The smallest absolute Gasteiger partial charge is 0.144 e. The monoisotopic (exact) mass is 364 g/mol. The number of hydrogen-bond acceptors (Lipinski definition) is 6. The van der Waals surface area contributed by atoms with Gasteiger partial charge in [0.1, 0.15) is 5.82 Å². The van der Waals surface area contributed by atoms with Crippen molar-refractivity contribution in [2.45, 2.75) is 31.5 Å². The molecule has 140 valence electrons. The first-order chi connectivity index (χ1) is 13.3. The van der Waals surface area contributed by atoms with Crippen molar-refractivity contribution in [2.24, 2.45) is 11.8 Å². The van der Waals surface area contributed by atoms with Crippen LogP contribution in [0, 0.1) is 11.8 Å². The van der Waals surface area contributed by atoms with Crippen LogP contribution < -0.4 is 5.32 Å². The van der Waals surface area contributed by atoms with Crippen molar-refractivity contribution in [1.29, 1.82) is 0 Å². The highest BCUT2D eigenvalue weighted by atomic mass is 16.3. The maximum Gasteiger partial charge on any atom is 0.144 e. The van der Waals surface area contributed by atoms with Crippen LogP contribution in [-0.2, 0) is 6.54 Å². The van der Waals surface area contributed by atoms with Crippen molar-refractivity contribution in [2.75, 3.05) is 18.4 Å². The van der Waals surface area contributed by atoms with Crippen LogP contribution in [0.4, 0.5) is 5.82 Å². The minimum absolute atomic E-state index is 0.0393. The van der Waals surface area contributed by atoms with Crippen molar-refractivity contribution < 1.29 is 5.11 Å². The number of pyridine rings is 1. The van der Waals surface area contributed by atoms with E-state index in [-0.39, 0.29) is 12.1 Å². The molecule has 0 unspecified atom stereocenters. The number of anilines is 1. The maximum absolute atomic E-state index is 10.6. The molecule has 0 radical (unpaired) electrons. The molecule has 7 heteroatoms. The van der Waals surface area contributed by atoms with Crippen LogP contribution >= 0.6 is 0 Å². The number of aliphatic hydroxyl groups excluding tert-OH is 1. The Morgan fingerprint density at radius 3 is 2.81 bits per heavy atom. The van der Waals surface area contributed by atoms with E-state index in [0.29, 0.717) is 11.8 Å². The molecule has 3 aromatic heterocycles. The number of rotatable bonds is 4. The van der Waals surface area contributed by atoms with Gasteiger partial charge in [0.05, 0.1) is 29.6 Å². The topological polar surface area (TPSA) is 78.6 Å². The molecule has 0 bridgehead atoms. The predicted octanol–water partition coefficient (Wildman–Crippen LogP) is 1.81. The maximum atomic E-state index is 10.6. The highest BCUT2D eigenvalue weighted by Gasteiger charge is 2.41. The molecule has 0 spiro atoms. The largest absolute Gasteiger partial charge is 0.391 e. The molecular weight excluding hydrogens is 340 g/mol. The summed E-state index contributed by atoms with van der Waals surface area (Å²) in [4.78, 5) is 10.9.